The van der Waals surface area contributed by atoms with Gasteiger partial charge in [-0.1, -0.05) is 11.6 Å². The lowest BCUT2D eigenvalue weighted by molar-refractivity contribution is -0.118. The zero-order valence-corrected chi connectivity index (χ0v) is 13.7. The number of hydrogen-bond acceptors (Lipinski definition) is 3. The van der Waals surface area contributed by atoms with Crippen molar-refractivity contribution in [3.05, 3.63) is 51.8 Å². The molecule has 1 heterocycles. The highest BCUT2D eigenvalue weighted by Crippen LogP contribution is 2.24. The van der Waals surface area contributed by atoms with Crippen LogP contribution in [-0.2, 0) is 4.79 Å². The van der Waals surface area contributed by atoms with E-state index in [0.717, 1.165) is 22.6 Å². The number of rotatable bonds is 4. The lowest BCUT2D eigenvalue weighted by Gasteiger charge is -2.11. The van der Waals surface area contributed by atoms with E-state index in [2.05, 4.69) is 10.5 Å². The number of carbonyl (C=O) groups excluding carboxylic acids is 1. The second kappa shape index (κ2) is 6.66. The van der Waals surface area contributed by atoms with Gasteiger partial charge in [0.1, 0.15) is 0 Å². The van der Waals surface area contributed by atoms with Crippen LogP contribution < -0.4 is 5.43 Å². The number of aromatic nitrogens is 1. The number of hydrazone groups is 1. The number of carbonyl (C=O) groups is 2. The predicted molar refractivity (Wildman–Crippen MR) is 88.6 cm³/mol. The molecule has 0 saturated heterocycles. The number of aryl methyl sites for hydroxylation is 1. The number of hydrogen-bond donors (Lipinski definition) is 2. The van der Waals surface area contributed by atoms with Crippen molar-refractivity contribution in [3.63, 3.8) is 0 Å². The van der Waals surface area contributed by atoms with E-state index in [1.54, 1.807) is 18.3 Å². The summed E-state index contributed by atoms with van der Waals surface area (Å²) in [4.78, 5) is 21.9. The van der Waals surface area contributed by atoms with Crippen LogP contribution in [-0.4, -0.2) is 27.8 Å². The number of amides is 1. The van der Waals surface area contributed by atoms with Crippen LogP contribution in [0.5, 0.6) is 0 Å². The van der Waals surface area contributed by atoms with E-state index in [9.17, 15) is 9.59 Å². The molecule has 1 aromatic heterocycles. The average molecular weight is 334 g/mol. The van der Waals surface area contributed by atoms with Gasteiger partial charge in [-0.3, -0.25) is 4.79 Å². The van der Waals surface area contributed by atoms with Crippen molar-refractivity contribution in [2.24, 2.45) is 5.10 Å². The van der Waals surface area contributed by atoms with Crippen molar-refractivity contribution in [2.45, 2.75) is 20.8 Å². The Morgan fingerprint density at radius 2 is 2.00 bits per heavy atom. The van der Waals surface area contributed by atoms with Gasteiger partial charge in [0.2, 0.25) is 5.91 Å². The van der Waals surface area contributed by atoms with Gasteiger partial charge in [-0.05, 0) is 38.1 Å². The minimum absolute atomic E-state index is 0.0605. The smallest absolute Gasteiger partial charge is 0.337 e. The molecule has 0 aliphatic carbocycles. The molecule has 1 amide bonds. The molecule has 120 valence electrons. The standard InChI is InChI=1S/C16H16ClN3O3/c1-9-6-12(8-18-19-11(3)21)10(2)20(9)13-4-5-14(16(22)23)15(17)7-13/h4-8H,1-3H3,(H,19,21)(H,22,23)/b18-8-. The summed E-state index contributed by atoms with van der Waals surface area (Å²) >= 11 is 6.04. The second-order valence-corrected chi connectivity index (χ2v) is 5.46. The van der Waals surface area contributed by atoms with Crippen LogP contribution in [0.25, 0.3) is 5.69 Å². The summed E-state index contributed by atoms with van der Waals surface area (Å²) in [7, 11) is 0. The molecular weight excluding hydrogens is 318 g/mol. The van der Waals surface area contributed by atoms with Crippen molar-refractivity contribution in [2.75, 3.05) is 0 Å². The number of aromatic carboxylic acids is 1. The monoisotopic (exact) mass is 333 g/mol. The molecule has 0 aliphatic rings. The maximum absolute atomic E-state index is 11.0. The summed E-state index contributed by atoms with van der Waals surface area (Å²) in [6, 6.07) is 6.70. The van der Waals surface area contributed by atoms with E-state index in [0.29, 0.717) is 0 Å². The average Bonchev–Trinajstić information content (AvgIpc) is 2.72. The van der Waals surface area contributed by atoms with E-state index < -0.39 is 5.97 Å². The van der Waals surface area contributed by atoms with Gasteiger partial charge >= 0.3 is 5.97 Å². The summed E-state index contributed by atoms with van der Waals surface area (Å²) in [6.45, 7) is 5.20. The second-order valence-electron chi connectivity index (χ2n) is 5.06. The largest absolute Gasteiger partial charge is 0.478 e. The molecule has 0 spiro atoms. The molecule has 2 N–H and O–H groups in total. The minimum atomic E-state index is -1.06. The Hall–Kier alpha value is -2.60. The van der Waals surface area contributed by atoms with Crippen molar-refractivity contribution in [3.8, 4) is 5.69 Å². The summed E-state index contributed by atoms with van der Waals surface area (Å²) in [6.07, 6.45) is 1.56. The third kappa shape index (κ3) is 3.60. The van der Waals surface area contributed by atoms with Gasteiger partial charge in [-0.15, -0.1) is 0 Å². The fourth-order valence-corrected chi connectivity index (χ4v) is 2.58. The first kappa shape index (κ1) is 16.8. The Balaban J connectivity index is 2.43. The predicted octanol–water partition coefficient (Wildman–Crippen LogP) is 2.92. The fourth-order valence-electron chi connectivity index (χ4n) is 2.32. The van der Waals surface area contributed by atoms with Gasteiger partial charge in [0.25, 0.3) is 0 Å². The summed E-state index contributed by atoms with van der Waals surface area (Å²) in [5, 5.41) is 13.1. The Morgan fingerprint density at radius 1 is 1.30 bits per heavy atom. The Kier molecular flexibility index (Phi) is 4.86. The van der Waals surface area contributed by atoms with Gasteiger partial charge < -0.3 is 9.67 Å². The highest BCUT2D eigenvalue weighted by atomic mass is 35.5. The van der Waals surface area contributed by atoms with Gasteiger partial charge in [0.15, 0.2) is 0 Å². The summed E-state index contributed by atoms with van der Waals surface area (Å²) in [5.74, 6) is -1.31. The van der Waals surface area contributed by atoms with E-state index in [1.165, 1.54) is 13.0 Å². The zero-order valence-electron chi connectivity index (χ0n) is 12.9. The van der Waals surface area contributed by atoms with E-state index >= 15 is 0 Å². The molecule has 7 heteroatoms. The van der Waals surface area contributed by atoms with Crippen LogP contribution in [0.3, 0.4) is 0 Å². The lowest BCUT2D eigenvalue weighted by atomic mass is 10.2. The molecule has 1 aromatic carbocycles. The molecule has 0 atom stereocenters. The maximum atomic E-state index is 11.0. The highest BCUT2D eigenvalue weighted by molar-refractivity contribution is 6.33. The Labute approximate surface area is 138 Å². The first-order chi connectivity index (χ1) is 10.8. The summed E-state index contributed by atoms with van der Waals surface area (Å²) < 4.78 is 1.94. The van der Waals surface area contributed by atoms with Gasteiger partial charge in [0.05, 0.1) is 16.8 Å². The molecule has 0 aliphatic heterocycles. The third-order valence-electron chi connectivity index (χ3n) is 3.34. The fraction of sp³-hybridized carbons (Fsp3) is 0.188. The van der Waals surface area contributed by atoms with E-state index in [-0.39, 0.29) is 16.5 Å². The van der Waals surface area contributed by atoms with Crippen LogP contribution in [0, 0.1) is 13.8 Å². The summed E-state index contributed by atoms with van der Waals surface area (Å²) in [5.41, 5.74) is 5.85. The molecule has 0 bridgehead atoms. The van der Waals surface area contributed by atoms with Gasteiger partial charge in [0, 0.05) is 29.6 Å². The molecule has 0 fully saturated rings. The van der Waals surface area contributed by atoms with Crippen LogP contribution in [0.1, 0.15) is 34.2 Å². The van der Waals surface area contributed by atoms with Crippen molar-refractivity contribution in [1.82, 2.24) is 9.99 Å². The number of nitrogens with zero attached hydrogens (tertiary/aromatic N) is 2. The molecule has 6 nitrogen and oxygen atoms in total. The van der Waals surface area contributed by atoms with Crippen molar-refractivity contribution >= 4 is 29.7 Å². The SMILES string of the molecule is CC(=O)N/N=C\c1cc(C)n(-c2ccc(C(=O)O)c(Cl)c2)c1C. The third-order valence-corrected chi connectivity index (χ3v) is 3.65. The van der Waals surface area contributed by atoms with Crippen LogP contribution in [0.15, 0.2) is 29.4 Å². The molecular formula is C16H16ClN3O3. The topological polar surface area (TPSA) is 83.7 Å². The number of nitrogens with one attached hydrogen (secondary N) is 1. The van der Waals surface area contributed by atoms with Gasteiger partial charge in [-0.2, -0.15) is 5.10 Å². The number of carboxylic acids is 1. The van der Waals surface area contributed by atoms with Crippen molar-refractivity contribution < 1.29 is 14.7 Å². The Bertz CT molecular complexity index is 809. The molecule has 0 radical (unpaired) electrons. The zero-order chi connectivity index (χ0) is 17.1. The number of carboxylic acid groups (broad SMARTS) is 1. The highest BCUT2D eigenvalue weighted by Gasteiger charge is 2.13. The molecule has 0 unspecified atom stereocenters. The molecule has 2 rings (SSSR count). The lowest BCUT2D eigenvalue weighted by Crippen LogP contribution is -2.12. The molecule has 0 saturated carbocycles. The quantitative estimate of drug-likeness (QED) is 0.666. The van der Waals surface area contributed by atoms with E-state index in [4.69, 9.17) is 16.7 Å². The van der Waals surface area contributed by atoms with E-state index in [1.807, 2.05) is 24.5 Å². The Morgan fingerprint density at radius 3 is 2.57 bits per heavy atom. The molecule has 23 heavy (non-hydrogen) atoms. The van der Waals surface area contributed by atoms with Crippen LogP contribution in [0.4, 0.5) is 0 Å². The van der Waals surface area contributed by atoms with Gasteiger partial charge in [-0.25, -0.2) is 10.2 Å². The van der Waals surface area contributed by atoms with Crippen LogP contribution in [0.2, 0.25) is 5.02 Å². The van der Waals surface area contributed by atoms with Crippen molar-refractivity contribution in [1.29, 1.82) is 0 Å². The first-order valence-electron chi connectivity index (χ1n) is 6.83. The minimum Gasteiger partial charge on any atom is -0.478 e. The van der Waals surface area contributed by atoms with Crippen LogP contribution >= 0.6 is 11.6 Å². The number of benzene rings is 1. The first-order valence-corrected chi connectivity index (χ1v) is 7.21. The number of halogens is 1. The molecule has 2 aromatic rings. The normalized spacial score (nSPS) is 11.0. The maximum Gasteiger partial charge on any atom is 0.337 e.